The predicted octanol–water partition coefficient (Wildman–Crippen LogP) is 0.940. The van der Waals surface area contributed by atoms with Gasteiger partial charge in [0.1, 0.15) is 0 Å². The molecule has 0 saturated heterocycles. The quantitative estimate of drug-likeness (QED) is 0.651. The lowest BCUT2D eigenvalue weighted by Crippen LogP contribution is -2.19. The highest BCUT2D eigenvalue weighted by atomic mass is 32.3. The molecule has 5 heteroatoms. The van der Waals surface area contributed by atoms with Crippen LogP contribution in [0, 0.1) is 5.41 Å². The maximum absolute atomic E-state index is 10.6. The SMILES string of the molecule is COS(=O)(=O)OCC(C)(C)C. The molecule has 0 aromatic rings. The van der Waals surface area contributed by atoms with Crippen LogP contribution < -0.4 is 0 Å². The van der Waals surface area contributed by atoms with Crippen LogP contribution in [0.2, 0.25) is 0 Å². The standard InChI is InChI=1S/C6H14O4S/c1-6(2,3)5-10-11(7,8)9-4/h5H2,1-4H3. The van der Waals surface area contributed by atoms with Gasteiger partial charge in [0, 0.05) is 0 Å². The molecule has 0 aromatic carbocycles. The van der Waals surface area contributed by atoms with Crippen molar-refractivity contribution in [3.05, 3.63) is 0 Å². The fourth-order valence-corrected chi connectivity index (χ4v) is 0.891. The molecule has 4 nitrogen and oxygen atoms in total. The molecule has 0 aliphatic rings. The summed E-state index contributed by atoms with van der Waals surface area (Å²) in [6, 6.07) is 0. The predicted molar refractivity (Wildman–Crippen MR) is 41.3 cm³/mol. The molecule has 68 valence electrons. The van der Waals surface area contributed by atoms with E-state index in [0.29, 0.717) is 0 Å². The van der Waals surface area contributed by atoms with Gasteiger partial charge in [-0.2, -0.15) is 8.42 Å². The minimum Gasteiger partial charge on any atom is -0.252 e. The van der Waals surface area contributed by atoms with Gasteiger partial charge in [-0.3, -0.25) is 4.18 Å². The van der Waals surface area contributed by atoms with Crippen molar-refractivity contribution in [2.75, 3.05) is 13.7 Å². The molecule has 0 radical (unpaired) electrons. The molecular weight excluding hydrogens is 168 g/mol. The normalized spacial score (nSPS) is 13.5. The average molecular weight is 182 g/mol. The fourth-order valence-electron chi connectivity index (χ4n) is 0.297. The summed E-state index contributed by atoms with van der Waals surface area (Å²) in [7, 11) is -2.69. The van der Waals surface area contributed by atoms with E-state index in [0.717, 1.165) is 7.11 Å². The zero-order chi connectivity index (χ0) is 9.12. The van der Waals surface area contributed by atoms with Crippen molar-refractivity contribution < 1.29 is 16.8 Å². The first kappa shape index (κ1) is 10.9. The summed E-state index contributed by atoms with van der Waals surface area (Å²) < 4.78 is 29.8. The van der Waals surface area contributed by atoms with Crippen LogP contribution in [0.5, 0.6) is 0 Å². The van der Waals surface area contributed by atoms with E-state index >= 15 is 0 Å². The first-order valence-electron chi connectivity index (χ1n) is 3.22. The molecule has 0 atom stereocenters. The highest BCUT2D eigenvalue weighted by molar-refractivity contribution is 7.81. The van der Waals surface area contributed by atoms with E-state index in [9.17, 15) is 8.42 Å². The molecule has 0 rings (SSSR count). The molecule has 11 heavy (non-hydrogen) atoms. The third-order valence-corrected chi connectivity index (χ3v) is 1.66. The molecule has 0 unspecified atom stereocenters. The van der Waals surface area contributed by atoms with Crippen molar-refractivity contribution in [1.82, 2.24) is 0 Å². The second-order valence-electron chi connectivity index (χ2n) is 3.40. The van der Waals surface area contributed by atoms with Crippen molar-refractivity contribution >= 4 is 10.4 Å². The van der Waals surface area contributed by atoms with Crippen molar-refractivity contribution in [2.24, 2.45) is 5.41 Å². The summed E-state index contributed by atoms with van der Waals surface area (Å²) in [4.78, 5) is 0. The van der Waals surface area contributed by atoms with Crippen molar-refractivity contribution in [3.8, 4) is 0 Å². The molecule has 0 amide bonds. The second-order valence-corrected chi connectivity index (χ2v) is 4.78. The molecule has 0 fully saturated rings. The first-order valence-corrected chi connectivity index (χ1v) is 4.55. The van der Waals surface area contributed by atoms with E-state index in [2.05, 4.69) is 8.37 Å². The molecule has 0 spiro atoms. The molecule has 0 heterocycles. The van der Waals surface area contributed by atoms with Gasteiger partial charge in [-0.25, -0.2) is 4.18 Å². The van der Waals surface area contributed by atoms with E-state index in [1.165, 1.54) is 0 Å². The van der Waals surface area contributed by atoms with E-state index in [1.54, 1.807) is 0 Å². The number of rotatable bonds is 3. The molecule has 0 saturated carbocycles. The van der Waals surface area contributed by atoms with Gasteiger partial charge < -0.3 is 0 Å². The number of hydrogen-bond acceptors (Lipinski definition) is 4. The summed E-state index contributed by atoms with van der Waals surface area (Å²) in [6.45, 7) is 5.75. The van der Waals surface area contributed by atoms with Crippen LogP contribution in [0.4, 0.5) is 0 Å². The first-order chi connectivity index (χ1) is 4.77. The van der Waals surface area contributed by atoms with Crippen LogP contribution >= 0.6 is 0 Å². The van der Waals surface area contributed by atoms with Crippen molar-refractivity contribution in [3.63, 3.8) is 0 Å². The lowest BCUT2D eigenvalue weighted by Gasteiger charge is -2.16. The second kappa shape index (κ2) is 3.51. The van der Waals surface area contributed by atoms with Gasteiger partial charge in [-0.05, 0) is 5.41 Å². The smallest absolute Gasteiger partial charge is 0.252 e. The van der Waals surface area contributed by atoms with E-state index < -0.39 is 10.4 Å². The molecular formula is C6H14O4S. The van der Waals surface area contributed by atoms with Crippen LogP contribution in [0.25, 0.3) is 0 Å². The van der Waals surface area contributed by atoms with Gasteiger partial charge in [-0.15, -0.1) is 0 Å². The van der Waals surface area contributed by atoms with Crippen LogP contribution in [0.15, 0.2) is 0 Å². The Bertz CT molecular complexity index is 199. The minimum atomic E-state index is -3.75. The zero-order valence-electron chi connectivity index (χ0n) is 7.25. The van der Waals surface area contributed by atoms with Gasteiger partial charge in [0.2, 0.25) is 0 Å². The molecule has 0 aliphatic heterocycles. The Hall–Kier alpha value is -0.130. The largest absolute Gasteiger partial charge is 0.399 e. The highest BCUT2D eigenvalue weighted by Crippen LogP contribution is 2.14. The van der Waals surface area contributed by atoms with Gasteiger partial charge in [0.05, 0.1) is 13.7 Å². The van der Waals surface area contributed by atoms with Crippen LogP contribution in [-0.2, 0) is 18.8 Å². The van der Waals surface area contributed by atoms with Crippen LogP contribution in [-0.4, -0.2) is 22.1 Å². The lowest BCUT2D eigenvalue weighted by atomic mass is 9.99. The van der Waals surface area contributed by atoms with Gasteiger partial charge in [-0.1, -0.05) is 20.8 Å². The maximum Gasteiger partial charge on any atom is 0.399 e. The summed E-state index contributed by atoms with van der Waals surface area (Å²) in [5.41, 5.74) is -0.175. The summed E-state index contributed by atoms with van der Waals surface area (Å²) in [5.74, 6) is 0. The molecule has 0 N–H and O–H groups in total. The van der Waals surface area contributed by atoms with Crippen LogP contribution in [0.3, 0.4) is 0 Å². The van der Waals surface area contributed by atoms with Crippen molar-refractivity contribution in [2.45, 2.75) is 20.8 Å². The summed E-state index contributed by atoms with van der Waals surface area (Å²) in [5, 5.41) is 0. The van der Waals surface area contributed by atoms with Gasteiger partial charge in [0.25, 0.3) is 0 Å². The topological polar surface area (TPSA) is 52.6 Å². The highest BCUT2D eigenvalue weighted by Gasteiger charge is 2.16. The summed E-state index contributed by atoms with van der Waals surface area (Å²) in [6.07, 6.45) is 0. The monoisotopic (exact) mass is 182 g/mol. The third-order valence-electron chi connectivity index (χ3n) is 0.840. The third kappa shape index (κ3) is 6.28. The lowest BCUT2D eigenvalue weighted by molar-refractivity contribution is 0.171. The van der Waals surface area contributed by atoms with Gasteiger partial charge >= 0.3 is 10.4 Å². The zero-order valence-corrected chi connectivity index (χ0v) is 8.06. The minimum absolute atomic E-state index is 0.128. The van der Waals surface area contributed by atoms with E-state index in [-0.39, 0.29) is 12.0 Å². The summed E-state index contributed by atoms with van der Waals surface area (Å²) >= 11 is 0. The van der Waals surface area contributed by atoms with E-state index in [4.69, 9.17) is 0 Å². The molecule has 0 aromatic heterocycles. The Balaban J connectivity index is 3.91. The number of hydrogen-bond donors (Lipinski definition) is 0. The Kier molecular flexibility index (Phi) is 3.47. The van der Waals surface area contributed by atoms with Crippen LogP contribution in [0.1, 0.15) is 20.8 Å². The maximum atomic E-state index is 10.6. The van der Waals surface area contributed by atoms with Crippen molar-refractivity contribution in [1.29, 1.82) is 0 Å². The molecule has 0 aliphatic carbocycles. The molecule has 0 bridgehead atoms. The van der Waals surface area contributed by atoms with Gasteiger partial charge in [0.15, 0.2) is 0 Å². The fraction of sp³-hybridized carbons (Fsp3) is 1.00. The Morgan fingerprint density at radius 2 is 1.73 bits per heavy atom. The van der Waals surface area contributed by atoms with E-state index in [1.807, 2.05) is 20.8 Å². The Labute approximate surface area is 67.8 Å². The Morgan fingerprint density at radius 3 is 2.00 bits per heavy atom. The average Bonchev–Trinajstić information content (AvgIpc) is 1.83. The Morgan fingerprint density at radius 1 is 1.27 bits per heavy atom.